The fourth-order valence-electron chi connectivity index (χ4n) is 4.21. The Labute approximate surface area is 204 Å². The topological polar surface area (TPSA) is 163 Å². The van der Waals surface area contributed by atoms with Crippen LogP contribution in [0.25, 0.3) is 10.9 Å². The van der Waals surface area contributed by atoms with Crippen LogP contribution < -0.4 is 11.1 Å². The van der Waals surface area contributed by atoms with Crippen molar-refractivity contribution in [1.29, 1.82) is 0 Å². The zero-order valence-corrected chi connectivity index (χ0v) is 19.3. The molecular formula is C24H19FN6O4S. The van der Waals surface area contributed by atoms with Crippen molar-refractivity contribution < 1.29 is 22.4 Å². The van der Waals surface area contributed by atoms with Gasteiger partial charge in [-0.05, 0) is 48.5 Å². The molecule has 0 spiro atoms. The maximum atomic E-state index is 13.7. The van der Waals surface area contributed by atoms with Gasteiger partial charge in [0.2, 0.25) is 15.7 Å². The van der Waals surface area contributed by atoms with E-state index in [1.807, 2.05) is 0 Å². The van der Waals surface area contributed by atoms with Gasteiger partial charge in [-0.25, -0.2) is 12.8 Å². The molecule has 5 N–H and O–H groups in total. The number of aliphatic imine (C=N–C) groups is 1. The van der Waals surface area contributed by atoms with Gasteiger partial charge in [-0.15, -0.1) is 0 Å². The van der Waals surface area contributed by atoms with E-state index in [-0.39, 0.29) is 21.2 Å². The number of aromatic amines is 2. The molecule has 36 heavy (non-hydrogen) atoms. The number of nitrogens with two attached hydrogens (primary N) is 1. The van der Waals surface area contributed by atoms with Crippen LogP contribution in [0, 0.1) is 11.7 Å². The lowest BCUT2D eigenvalue weighted by Crippen LogP contribution is -2.56. The number of nitrogens with zero attached hydrogens (tertiary/aromatic N) is 2. The normalized spacial score (nSPS) is 19.4. The van der Waals surface area contributed by atoms with Crippen molar-refractivity contribution >= 4 is 38.8 Å². The highest BCUT2D eigenvalue weighted by molar-refractivity contribution is 7.91. The first-order valence-electron chi connectivity index (χ1n) is 10.7. The highest BCUT2D eigenvalue weighted by Crippen LogP contribution is 2.36. The second-order valence-electron chi connectivity index (χ2n) is 8.15. The smallest absolute Gasteiger partial charge is 0.268 e. The van der Waals surface area contributed by atoms with Crippen molar-refractivity contribution in [1.82, 2.24) is 20.5 Å². The minimum absolute atomic E-state index is 0.131. The third kappa shape index (κ3) is 3.77. The number of aromatic nitrogens is 3. The van der Waals surface area contributed by atoms with E-state index in [0.717, 1.165) is 12.1 Å². The van der Waals surface area contributed by atoms with E-state index in [4.69, 9.17) is 5.73 Å². The van der Waals surface area contributed by atoms with Crippen molar-refractivity contribution in [2.45, 2.75) is 15.3 Å². The number of rotatable bonds is 6. The highest BCUT2D eigenvalue weighted by atomic mass is 32.2. The van der Waals surface area contributed by atoms with Crippen LogP contribution in [0.2, 0.25) is 0 Å². The molecule has 12 heteroatoms. The third-order valence-corrected chi connectivity index (χ3v) is 7.71. The third-order valence-electron chi connectivity index (χ3n) is 5.96. The summed E-state index contributed by atoms with van der Waals surface area (Å²) in [5.41, 5.74) is 4.87. The predicted octanol–water partition coefficient (Wildman–Crippen LogP) is 2.19. The summed E-state index contributed by atoms with van der Waals surface area (Å²) in [6.45, 7) is 0. The minimum atomic E-state index is -4.10. The van der Waals surface area contributed by atoms with E-state index in [1.165, 1.54) is 48.8 Å². The Hall–Kier alpha value is -4.58. The van der Waals surface area contributed by atoms with Crippen LogP contribution in [-0.2, 0) is 20.2 Å². The van der Waals surface area contributed by atoms with Crippen LogP contribution in [0.3, 0.4) is 0 Å². The van der Waals surface area contributed by atoms with Gasteiger partial charge in [-0.3, -0.25) is 19.7 Å². The fourth-order valence-corrected chi connectivity index (χ4v) is 5.53. The lowest BCUT2D eigenvalue weighted by atomic mass is 9.78. The number of hydrogen-bond donors (Lipinski definition) is 4. The molecule has 2 aromatic heterocycles. The average Bonchev–Trinajstić information content (AvgIpc) is 3.54. The molecule has 1 aliphatic rings. The van der Waals surface area contributed by atoms with Gasteiger partial charge in [0.15, 0.2) is 0 Å². The van der Waals surface area contributed by atoms with Crippen molar-refractivity contribution in [3.8, 4) is 0 Å². The molecule has 2 aromatic carbocycles. The molecule has 2 unspecified atom stereocenters. The van der Waals surface area contributed by atoms with Crippen molar-refractivity contribution in [2.24, 2.45) is 16.6 Å². The number of amides is 2. The van der Waals surface area contributed by atoms with Gasteiger partial charge in [0, 0.05) is 24.0 Å². The van der Waals surface area contributed by atoms with E-state index in [9.17, 15) is 22.4 Å². The SMILES string of the molecule is NC(=O)C1C=CN=CC1(NC(=O)c1ccc[nH]1)c1[nH]nc2ccc(S(=O)(=O)c3cccc(F)c3)cc12. The van der Waals surface area contributed by atoms with Gasteiger partial charge in [0.25, 0.3) is 5.91 Å². The van der Waals surface area contributed by atoms with Crippen LogP contribution in [0.15, 0.2) is 87.9 Å². The van der Waals surface area contributed by atoms with E-state index >= 15 is 0 Å². The summed E-state index contributed by atoms with van der Waals surface area (Å²) in [5.74, 6) is -3.09. The summed E-state index contributed by atoms with van der Waals surface area (Å²) in [6, 6.07) is 12.0. The van der Waals surface area contributed by atoms with Crippen LogP contribution in [0.5, 0.6) is 0 Å². The molecule has 0 fully saturated rings. The lowest BCUT2D eigenvalue weighted by Gasteiger charge is -2.36. The summed E-state index contributed by atoms with van der Waals surface area (Å²) in [4.78, 5) is 32.2. The van der Waals surface area contributed by atoms with Crippen molar-refractivity contribution in [3.05, 3.63) is 90.3 Å². The Bertz CT molecular complexity index is 1660. The Morgan fingerprint density at radius 3 is 2.61 bits per heavy atom. The van der Waals surface area contributed by atoms with Crippen LogP contribution in [0.1, 0.15) is 16.2 Å². The predicted molar refractivity (Wildman–Crippen MR) is 128 cm³/mol. The number of halogens is 1. The van der Waals surface area contributed by atoms with Crippen LogP contribution in [0.4, 0.5) is 4.39 Å². The van der Waals surface area contributed by atoms with Crippen molar-refractivity contribution in [2.75, 3.05) is 0 Å². The maximum absolute atomic E-state index is 13.7. The molecule has 5 rings (SSSR count). The van der Waals surface area contributed by atoms with Crippen molar-refractivity contribution in [3.63, 3.8) is 0 Å². The second kappa shape index (κ2) is 8.57. The number of carbonyl (C=O) groups is 2. The zero-order valence-electron chi connectivity index (χ0n) is 18.5. The standard InChI is InChI=1S/C24H19FN6O4S/c25-14-3-1-4-15(11-14)36(34,35)16-6-7-19-17(12-16)21(31-30-19)24(13-27-10-8-18(24)22(26)32)29-23(33)20-5-2-9-28-20/h1-13,18,28H,(H2,26,32)(H,29,33)(H,30,31). The number of sulfone groups is 1. The summed E-state index contributed by atoms with van der Waals surface area (Å²) >= 11 is 0. The van der Waals surface area contributed by atoms with Crippen LogP contribution >= 0.6 is 0 Å². The first-order chi connectivity index (χ1) is 17.2. The van der Waals surface area contributed by atoms with Gasteiger partial charge >= 0.3 is 0 Å². The summed E-state index contributed by atoms with van der Waals surface area (Å²) in [5, 5.41) is 10.2. The van der Waals surface area contributed by atoms with E-state index in [2.05, 4.69) is 25.5 Å². The van der Waals surface area contributed by atoms with Gasteiger partial charge < -0.3 is 16.0 Å². The average molecular weight is 507 g/mol. The van der Waals surface area contributed by atoms with Gasteiger partial charge in [-0.2, -0.15) is 5.10 Å². The molecule has 3 heterocycles. The fraction of sp³-hybridized carbons (Fsp3) is 0.0833. The van der Waals surface area contributed by atoms with Gasteiger partial charge in [-0.1, -0.05) is 12.1 Å². The van der Waals surface area contributed by atoms with Crippen LogP contribution in [-0.4, -0.2) is 41.6 Å². The number of H-pyrrole nitrogens is 2. The quantitative estimate of drug-likeness (QED) is 0.314. The Kier molecular flexibility index (Phi) is 5.52. The number of primary amides is 1. The lowest BCUT2D eigenvalue weighted by molar-refractivity contribution is -0.121. The highest BCUT2D eigenvalue weighted by Gasteiger charge is 2.46. The summed E-state index contributed by atoms with van der Waals surface area (Å²) in [6.07, 6.45) is 5.74. The van der Waals surface area contributed by atoms with E-state index in [0.29, 0.717) is 10.9 Å². The Morgan fingerprint density at radius 1 is 1.08 bits per heavy atom. The molecule has 182 valence electrons. The van der Waals surface area contributed by atoms with E-state index < -0.39 is 38.9 Å². The molecule has 0 radical (unpaired) electrons. The molecule has 0 bridgehead atoms. The molecular weight excluding hydrogens is 487 g/mol. The first-order valence-corrected chi connectivity index (χ1v) is 12.2. The minimum Gasteiger partial charge on any atom is -0.369 e. The van der Waals surface area contributed by atoms with E-state index in [1.54, 1.807) is 18.3 Å². The molecule has 0 aliphatic carbocycles. The number of fused-ring (bicyclic) bond motifs is 1. The summed E-state index contributed by atoms with van der Waals surface area (Å²) in [7, 11) is -4.10. The molecule has 0 saturated heterocycles. The first kappa shape index (κ1) is 23.2. The Morgan fingerprint density at radius 2 is 1.89 bits per heavy atom. The second-order valence-corrected chi connectivity index (χ2v) is 10.1. The zero-order chi connectivity index (χ0) is 25.5. The molecule has 10 nitrogen and oxygen atoms in total. The maximum Gasteiger partial charge on any atom is 0.268 e. The number of hydrogen-bond acceptors (Lipinski definition) is 6. The number of nitrogens with one attached hydrogen (secondary N) is 3. The number of benzene rings is 2. The van der Waals surface area contributed by atoms with Gasteiger partial charge in [0.1, 0.15) is 17.1 Å². The molecule has 1 aliphatic heterocycles. The number of carbonyl (C=O) groups excluding carboxylic acids is 2. The molecule has 2 atom stereocenters. The largest absolute Gasteiger partial charge is 0.369 e. The van der Waals surface area contributed by atoms with Gasteiger partial charge in [0.05, 0.1) is 26.9 Å². The molecule has 2 amide bonds. The monoisotopic (exact) mass is 506 g/mol. The molecule has 4 aromatic rings. The molecule has 0 saturated carbocycles. The Balaban J connectivity index is 1.69. The summed E-state index contributed by atoms with van der Waals surface area (Å²) < 4.78 is 40.2.